The van der Waals surface area contributed by atoms with Gasteiger partial charge in [0.25, 0.3) is 0 Å². The van der Waals surface area contributed by atoms with Crippen molar-refractivity contribution in [1.82, 2.24) is 4.90 Å². The number of ether oxygens (including phenoxy) is 4. The molecule has 1 aliphatic heterocycles. The summed E-state index contributed by atoms with van der Waals surface area (Å²) in [5.41, 5.74) is 1.49. The number of nitrogens with zero attached hydrogens (tertiary/aromatic N) is 1. The van der Waals surface area contributed by atoms with Gasteiger partial charge in [-0.15, -0.1) is 11.8 Å². The monoisotopic (exact) mass is 404 g/mol. The van der Waals surface area contributed by atoms with Crippen LogP contribution in [0.5, 0.6) is 23.0 Å². The number of carbonyl (C=O) groups excluding carboxylic acids is 1. The van der Waals surface area contributed by atoms with E-state index in [2.05, 4.69) is 5.32 Å². The maximum absolute atomic E-state index is 13.0. The first kappa shape index (κ1) is 20.0. The zero-order chi connectivity index (χ0) is 20.1. The number of amides is 2. The van der Waals surface area contributed by atoms with Crippen molar-refractivity contribution in [3.8, 4) is 23.0 Å². The van der Waals surface area contributed by atoms with Crippen molar-refractivity contribution in [2.24, 2.45) is 0 Å². The molecule has 28 heavy (non-hydrogen) atoms. The standard InChI is InChI=1S/C20H24N2O5S/c1-24-13-8-9-15(17(12-13)26-3)21-20(23)22-10-11-28-19(22)14-6-5-7-16(25-2)18(14)27-4/h5-9,12,19H,10-11H2,1-4H3,(H,21,23). The van der Waals surface area contributed by atoms with Gasteiger partial charge in [0.2, 0.25) is 0 Å². The molecule has 1 N–H and O–H groups in total. The Morgan fingerprint density at radius 1 is 1.04 bits per heavy atom. The third-order valence-corrected chi connectivity index (χ3v) is 5.74. The van der Waals surface area contributed by atoms with Crippen molar-refractivity contribution in [1.29, 1.82) is 0 Å². The molecule has 0 bridgehead atoms. The van der Waals surface area contributed by atoms with Crippen LogP contribution in [-0.4, -0.2) is 51.7 Å². The molecule has 1 saturated heterocycles. The van der Waals surface area contributed by atoms with Crippen molar-refractivity contribution in [2.45, 2.75) is 5.37 Å². The van der Waals surface area contributed by atoms with Gasteiger partial charge in [-0.2, -0.15) is 0 Å². The molecule has 0 radical (unpaired) electrons. The largest absolute Gasteiger partial charge is 0.497 e. The van der Waals surface area contributed by atoms with Crippen molar-refractivity contribution >= 4 is 23.5 Å². The number of urea groups is 1. The highest BCUT2D eigenvalue weighted by atomic mass is 32.2. The van der Waals surface area contributed by atoms with E-state index in [-0.39, 0.29) is 11.4 Å². The second-order valence-electron chi connectivity index (χ2n) is 6.00. The lowest BCUT2D eigenvalue weighted by Crippen LogP contribution is -2.34. The summed E-state index contributed by atoms with van der Waals surface area (Å²) < 4.78 is 21.5. The highest BCUT2D eigenvalue weighted by Crippen LogP contribution is 2.45. The van der Waals surface area contributed by atoms with Crippen molar-refractivity contribution in [3.05, 3.63) is 42.0 Å². The molecule has 0 aromatic heterocycles. The number of anilines is 1. The Kier molecular flexibility index (Phi) is 6.41. The van der Waals surface area contributed by atoms with Gasteiger partial charge in [0, 0.05) is 23.9 Å². The van der Waals surface area contributed by atoms with Gasteiger partial charge in [0.05, 0.1) is 34.1 Å². The molecule has 1 fully saturated rings. The van der Waals surface area contributed by atoms with Crippen LogP contribution in [0.1, 0.15) is 10.9 Å². The quantitative estimate of drug-likeness (QED) is 0.785. The Bertz CT molecular complexity index is 845. The van der Waals surface area contributed by atoms with Crippen LogP contribution in [0.25, 0.3) is 0 Å². The fourth-order valence-electron chi connectivity index (χ4n) is 3.13. The van der Waals surface area contributed by atoms with E-state index in [1.165, 1.54) is 0 Å². The summed E-state index contributed by atoms with van der Waals surface area (Å²) in [5.74, 6) is 3.31. The van der Waals surface area contributed by atoms with E-state index in [0.29, 0.717) is 35.2 Å². The van der Waals surface area contributed by atoms with Gasteiger partial charge < -0.3 is 29.2 Å². The lowest BCUT2D eigenvalue weighted by Gasteiger charge is -2.26. The zero-order valence-electron chi connectivity index (χ0n) is 16.4. The lowest BCUT2D eigenvalue weighted by atomic mass is 10.1. The average molecular weight is 404 g/mol. The van der Waals surface area contributed by atoms with Gasteiger partial charge >= 0.3 is 6.03 Å². The molecule has 0 saturated carbocycles. The van der Waals surface area contributed by atoms with E-state index in [1.54, 1.807) is 63.3 Å². The first-order valence-corrected chi connectivity index (χ1v) is 9.80. The normalized spacial score (nSPS) is 15.9. The van der Waals surface area contributed by atoms with E-state index in [9.17, 15) is 4.79 Å². The van der Waals surface area contributed by atoms with E-state index in [0.717, 1.165) is 11.3 Å². The molecule has 8 heteroatoms. The van der Waals surface area contributed by atoms with Gasteiger partial charge in [-0.1, -0.05) is 12.1 Å². The number of hydrogen-bond donors (Lipinski definition) is 1. The van der Waals surface area contributed by atoms with Crippen LogP contribution in [0.3, 0.4) is 0 Å². The minimum Gasteiger partial charge on any atom is -0.497 e. The van der Waals surface area contributed by atoms with E-state index in [4.69, 9.17) is 18.9 Å². The SMILES string of the molecule is COc1ccc(NC(=O)N2CCSC2c2cccc(OC)c2OC)c(OC)c1. The van der Waals surface area contributed by atoms with Gasteiger partial charge in [-0.05, 0) is 18.2 Å². The number of para-hydroxylation sites is 1. The number of thioether (sulfide) groups is 1. The van der Waals surface area contributed by atoms with Crippen LogP contribution in [-0.2, 0) is 0 Å². The maximum Gasteiger partial charge on any atom is 0.323 e. The highest BCUT2D eigenvalue weighted by molar-refractivity contribution is 7.99. The van der Waals surface area contributed by atoms with Crippen molar-refractivity contribution < 1.29 is 23.7 Å². The number of methoxy groups -OCH3 is 4. The van der Waals surface area contributed by atoms with Crippen molar-refractivity contribution in [2.75, 3.05) is 46.1 Å². The summed E-state index contributed by atoms with van der Waals surface area (Å²) in [7, 11) is 6.35. The molecule has 2 aromatic rings. The molecule has 1 unspecified atom stereocenters. The second kappa shape index (κ2) is 8.97. The molecule has 2 amide bonds. The van der Waals surface area contributed by atoms with Crippen molar-refractivity contribution in [3.63, 3.8) is 0 Å². The van der Waals surface area contributed by atoms with Crippen LogP contribution >= 0.6 is 11.8 Å². The fraction of sp³-hybridized carbons (Fsp3) is 0.350. The summed E-state index contributed by atoms with van der Waals surface area (Å²) in [6, 6.07) is 10.8. The lowest BCUT2D eigenvalue weighted by molar-refractivity contribution is 0.213. The molecule has 0 aliphatic carbocycles. The summed E-state index contributed by atoms with van der Waals surface area (Å²) in [4.78, 5) is 14.8. The first-order valence-electron chi connectivity index (χ1n) is 8.75. The van der Waals surface area contributed by atoms with Crippen LogP contribution in [0.15, 0.2) is 36.4 Å². The Labute approximate surface area is 168 Å². The molecule has 7 nitrogen and oxygen atoms in total. The predicted octanol–water partition coefficient (Wildman–Crippen LogP) is 4.00. The summed E-state index contributed by atoms with van der Waals surface area (Å²) >= 11 is 1.69. The first-order chi connectivity index (χ1) is 13.6. The number of hydrogen-bond acceptors (Lipinski definition) is 6. The molecule has 2 aromatic carbocycles. The third-order valence-electron chi connectivity index (χ3n) is 4.50. The Morgan fingerprint density at radius 3 is 2.50 bits per heavy atom. The molecule has 150 valence electrons. The Hall–Kier alpha value is -2.74. The zero-order valence-corrected chi connectivity index (χ0v) is 17.2. The van der Waals surface area contributed by atoms with Gasteiger partial charge in [0.1, 0.15) is 16.9 Å². The maximum atomic E-state index is 13.0. The van der Waals surface area contributed by atoms with E-state index >= 15 is 0 Å². The Morgan fingerprint density at radius 2 is 1.82 bits per heavy atom. The number of nitrogens with one attached hydrogen (secondary N) is 1. The molecule has 3 rings (SSSR count). The number of benzene rings is 2. The topological polar surface area (TPSA) is 69.3 Å². The summed E-state index contributed by atoms with van der Waals surface area (Å²) in [6.45, 7) is 0.625. The minimum atomic E-state index is -0.205. The van der Waals surface area contributed by atoms with Crippen LogP contribution in [0.4, 0.5) is 10.5 Å². The summed E-state index contributed by atoms with van der Waals surface area (Å²) in [5, 5.41) is 2.77. The Balaban J connectivity index is 1.85. The molecule has 1 atom stereocenters. The highest BCUT2D eigenvalue weighted by Gasteiger charge is 2.33. The second-order valence-corrected chi connectivity index (χ2v) is 7.18. The van der Waals surface area contributed by atoms with Crippen LogP contribution in [0, 0.1) is 0 Å². The van der Waals surface area contributed by atoms with Gasteiger partial charge in [-0.3, -0.25) is 0 Å². The molecule has 1 heterocycles. The summed E-state index contributed by atoms with van der Waals surface area (Å²) in [6.07, 6.45) is 0. The minimum absolute atomic E-state index is 0.172. The fourth-order valence-corrected chi connectivity index (χ4v) is 4.40. The van der Waals surface area contributed by atoms with E-state index < -0.39 is 0 Å². The smallest absolute Gasteiger partial charge is 0.323 e. The molecular formula is C20H24N2O5S. The predicted molar refractivity (Wildman–Crippen MR) is 110 cm³/mol. The number of rotatable bonds is 6. The molecule has 0 spiro atoms. The van der Waals surface area contributed by atoms with E-state index in [1.807, 2.05) is 18.2 Å². The van der Waals surface area contributed by atoms with Crippen LogP contribution < -0.4 is 24.3 Å². The molecular weight excluding hydrogens is 380 g/mol. The van der Waals surface area contributed by atoms with Crippen LogP contribution in [0.2, 0.25) is 0 Å². The molecule has 1 aliphatic rings. The van der Waals surface area contributed by atoms with Gasteiger partial charge in [-0.25, -0.2) is 4.79 Å². The average Bonchev–Trinajstić information content (AvgIpc) is 3.23. The van der Waals surface area contributed by atoms with Gasteiger partial charge in [0.15, 0.2) is 11.5 Å². The number of carbonyl (C=O) groups is 1. The third kappa shape index (κ3) is 3.91.